The van der Waals surface area contributed by atoms with Gasteiger partial charge in [0.15, 0.2) is 5.69 Å². The van der Waals surface area contributed by atoms with Crippen molar-refractivity contribution in [2.24, 2.45) is 0 Å². The minimum Gasteiger partial charge on any atom is -0.497 e. The van der Waals surface area contributed by atoms with Crippen LogP contribution >= 0.6 is 0 Å². The topological polar surface area (TPSA) is 120 Å². The number of carbonyl (C=O) groups is 1. The molecular weight excluding hydrogens is 328 g/mol. The lowest BCUT2D eigenvalue weighted by molar-refractivity contribution is -0.385. The molecule has 0 aliphatic rings. The van der Waals surface area contributed by atoms with Gasteiger partial charge in [0.1, 0.15) is 11.3 Å². The van der Waals surface area contributed by atoms with E-state index in [9.17, 15) is 14.9 Å². The number of aromatic nitrogens is 2. The summed E-state index contributed by atoms with van der Waals surface area (Å²) in [5.41, 5.74) is 0.549. The van der Waals surface area contributed by atoms with Crippen molar-refractivity contribution in [1.29, 1.82) is 0 Å². The van der Waals surface area contributed by atoms with Gasteiger partial charge in [-0.15, -0.1) is 0 Å². The second-order valence-electron chi connectivity index (χ2n) is 4.92. The zero-order valence-corrected chi connectivity index (χ0v) is 13.0. The fourth-order valence-corrected chi connectivity index (χ4v) is 2.21. The molecule has 9 nitrogen and oxygen atoms in total. The van der Waals surface area contributed by atoms with E-state index in [0.717, 1.165) is 0 Å². The first-order valence-electron chi connectivity index (χ1n) is 7.12. The number of methoxy groups -OCH3 is 1. The summed E-state index contributed by atoms with van der Waals surface area (Å²) in [6.07, 6.45) is 0. The van der Waals surface area contributed by atoms with Gasteiger partial charge in [-0.3, -0.25) is 14.9 Å². The Balaban J connectivity index is 1.88. The normalized spacial score (nSPS) is 10.3. The van der Waals surface area contributed by atoms with Gasteiger partial charge in [0.25, 0.3) is 11.6 Å². The van der Waals surface area contributed by atoms with Crippen LogP contribution in [0.15, 0.2) is 53.2 Å². The van der Waals surface area contributed by atoms with E-state index in [1.165, 1.54) is 24.3 Å². The summed E-state index contributed by atoms with van der Waals surface area (Å²) < 4.78 is 9.77. The van der Waals surface area contributed by atoms with Crippen molar-refractivity contribution in [2.75, 3.05) is 12.4 Å². The molecule has 0 aliphatic carbocycles. The van der Waals surface area contributed by atoms with Gasteiger partial charge in [0.05, 0.1) is 12.0 Å². The minimum atomic E-state index is -0.683. The van der Waals surface area contributed by atoms with Crippen LogP contribution in [-0.4, -0.2) is 28.3 Å². The maximum Gasteiger partial charge on any atom is 0.282 e. The maximum absolute atomic E-state index is 12.4. The summed E-state index contributed by atoms with van der Waals surface area (Å²) in [6.45, 7) is 0. The Morgan fingerprint density at radius 2 is 1.88 bits per heavy atom. The number of nitro groups is 1. The molecule has 0 unspecified atom stereocenters. The van der Waals surface area contributed by atoms with Crippen LogP contribution in [0.5, 0.6) is 5.75 Å². The molecule has 1 aromatic heterocycles. The van der Waals surface area contributed by atoms with Crippen molar-refractivity contribution < 1.29 is 19.1 Å². The van der Waals surface area contributed by atoms with Crippen molar-refractivity contribution in [3.63, 3.8) is 0 Å². The summed E-state index contributed by atoms with van der Waals surface area (Å²) in [7, 11) is 1.55. The Hall–Kier alpha value is -3.75. The molecule has 1 heterocycles. The van der Waals surface area contributed by atoms with Crippen LogP contribution in [0.1, 0.15) is 10.4 Å². The minimum absolute atomic E-state index is 0.0633. The van der Waals surface area contributed by atoms with Crippen molar-refractivity contribution >= 4 is 17.4 Å². The fraction of sp³-hybridized carbons (Fsp3) is 0.0625. The van der Waals surface area contributed by atoms with Crippen LogP contribution < -0.4 is 10.1 Å². The van der Waals surface area contributed by atoms with Gasteiger partial charge in [-0.1, -0.05) is 12.1 Å². The van der Waals surface area contributed by atoms with Crippen molar-refractivity contribution in [1.82, 2.24) is 10.3 Å². The average Bonchev–Trinajstić information content (AvgIpc) is 3.09. The van der Waals surface area contributed by atoms with Crippen molar-refractivity contribution in [2.45, 2.75) is 0 Å². The van der Waals surface area contributed by atoms with E-state index >= 15 is 0 Å². The number of carbonyl (C=O) groups excluding carboxylic acids is 1. The number of para-hydroxylation sites is 1. The van der Waals surface area contributed by atoms with E-state index in [4.69, 9.17) is 9.37 Å². The third kappa shape index (κ3) is 3.29. The van der Waals surface area contributed by atoms with E-state index in [2.05, 4.69) is 15.6 Å². The Bertz CT molecular complexity index is 920. The molecule has 2 aromatic carbocycles. The monoisotopic (exact) mass is 340 g/mol. The standard InChI is InChI=1S/C16H12N4O5/c1-24-11-8-6-10(7-9-11)14-15(19-25-18-14)17-16(21)12-4-2-3-5-13(12)20(22)23/h2-9H,1H3,(H,17,19,21). The molecule has 0 aliphatic heterocycles. The molecule has 25 heavy (non-hydrogen) atoms. The first-order valence-corrected chi connectivity index (χ1v) is 7.12. The van der Waals surface area contributed by atoms with Crippen LogP contribution in [0, 0.1) is 10.1 Å². The quantitative estimate of drug-likeness (QED) is 0.560. The number of hydrogen-bond donors (Lipinski definition) is 1. The Labute approximate surface area is 141 Å². The molecule has 0 saturated carbocycles. The van der Waals surface area contributed by atoms with Gasteiger partial charge in [0.2, 0.25) is 5.82 Å². The highest BCUT2D eigenvalue weighted by Crippen LogP contribution is 2.27. The van der Waals surface area contributed by atoms with E-state index in [1.54, 1.807) is 31.4 Å². The maximum atomic E-state index is 12.4. The predicted molar refractivity (Wildman–Crippen MR) is 87.3 cm³/mol. The number of anilines is 1. The van der Waals surface area contributed by atoms with Gasteiger partial charge < -0.3 is 10.1 Å². The number of amides is 1. The van der Waals surface area contributed by atoms with Crippen LogP contribution in [0.4, 0.5) is 11.5 Å². The lowest BCUT2D eigenvalue weighted by atomic mass is 10.1. The molecule has 0 saturated heterocycles. The van der Waals surface area contributed by atoms with Crippen LogP contribution in [-0.2, 0) is 0 Å². The first kappa shape index (κ1) is 16.1. The Morgan fingerprint density at radius 3 is 2.56 bits per heavy atom. The largest absolute Gasteiger partial charge is 0.497 e. The third-order valence-electron chi connectivity index (χ3n) is 3.43. The molecule has 0 atom stereocenters. The number of nitro benzene ring substituents is 1. The van der Waals surface area contributed by atoms with Gasteiger partial charge in [0, 0.05) is 11.6 Å². The summed E-state index contributed by atoms with van der Waals surface area (Å²) in [5.74, 6) is 0.0387. The summed E-state index contributed by atoms with van der Waals surface area (Å²) >= 11 is 0. The van der Waals surface area contributed by atoms with Gasteiger partial charge in [-0.25, -0.2) is 4.63 Å². The molecule has 9 heteroatoms. The first-order chi connectivity index (χ1) is 12.1. The van der Waals surface area contributed by atoms with E-state index < -0.39 is 10.8 Å². The molecule has 3 rings (SSSR count). The molecule has 0 radical (unpaired) electrons. The predicted octanol–water partition coefficient (Wildman–Crippen LogP) is 2.91. The van der Waals surface area contributed by atoms with Crippen molar-refractivity contribution in [3.05, 3.63) is 64.2 Å². The Morgan fingerprint density at radius 1 is 1.16 bits per heavy atom. The molecular formula is C16H12N4O5. The SMILES string of the molecule is COc1ccc(-c2nonc2NC(=O)c2ccccc2[N+](=O)[O-])cc1. The molecule has 1 N–H and O–H groups in total. The number of hydrogen-bond acceptors (Lipinski definition) is 7. The summed E-state index contributed by atoms with van der Waals surface area (Å²) in [5, 5.41) is 21.0. The highest BCUT2D eigenvalue weighted by Gasteiger charge is 2.22. The molecule has 0 fully saturated rings. The van der Waals surface area contributed by atoms with Gasteiger partial charge in [-0.2, -0.15) is 0 Å². The number of ether oxygens (including phenoxy) is 1. The smallest absolute Gasteiger partial charge is 0.282 e. The number of nitrogens with one attached hydrogen (secondary N) is 1. The third-order valence-corrected chi connectivity index (χ3v) is 3.43. The van der Waals surface area contributed by atoms with Crippen LogP contribution in [0.25, 0.3) is 11.3 Å². The molecule has 126 valence electrons. The molecule has 1 amide bonds. The number of benzene rings is 2. The lowest BCUT2D eigenvalue weighted by Crippen LogP contribution is -2.14. The average molecular weight is 340 g/mol. The zero-order chi connectivity index (χ0) is 17.8. The summed E-state index contributed by atoms with van der Waals surface area (Å²) in [4.78, 5) is 22.8. The van der Waals surface area contributed by atoms with Crippen LogP contribution in [0.2, 0.25) is 0 Å². The lowest BCUT2D eigenvalue weighted by Gasteiger charge is -2.05. The van der Waals surface area contributed by atoms with Crippen LogP contribution in [0.3, 0.4) is 0 Å². The Kier molecular flexibility index (Phi) is 4.38. The second-order valence-corrected chi connectivity index (χ2v) is 4.92. The van der Waals surface area contributed by atoms with Gasteiger partial charge in [-0.05, 0) is 40.6 Å². The highest BCUT2D eigenvalue weighted by molar-refractivity contribution is 6.07. The number of nitrogens with zero attached hydrogens (tertiary/aromatic N) is 3. The summed E-state index contributed by atoms with van der Waals surface area (Å²) in [6, 6.07) is 12.5. The second kappa shape index (κ2) is 6.79. The molecule has 0 spiro atoms. The van der Waals surface area contributed by atoms with E-state index in [1.807, 2.05) is 0 Å². The number of rotatable bonds is 5. The van der Waals surface area contributed by atoms with E-state index in [0.29, 0.717) is 17.0 Å². The van der Waals surface area contributed by atoms with Gasteiger partial charge >= 0.3 is 0 Å². The van der Waals surface area contributed by atoms with Crippen molar-refractivity contribution in [3.8, 4) is 17.0 Å². The zero-order valence-electron chi connectivity index (χ0n) is 13.0. The molecule has 3 aromatic rings. The van der Waals surface area contributed by atoms with E-state index in [-0.39, 0.29) is 17.1 Å². The highest BCUT2D eigenvalue weighted by atomic mass is 16.6. The fourth-order valence-electron chi connectivity index (χ4n) is 2.21. The molecule has 0 bridgehead atoms.